The molecule has 0 unspecified atom stereocenters. The molecule has 0 radical (unpaired) electrons. The number of nitrogens with one attached hydrogen (secondary N) is 2. The van der Waals surface area contributed by atoms with Gasteiger partial charge >= 0.3 is 0 Å². The molecule has 0 aliphatic carbocycles. The van der Waals surface area contributed by atoms with Crippen LogP contribution < -0.4 is 14.9 Å². The summed E-state index contributed by atoms with van der Waals surface area (Å²) in [5.74, 6) is -0.342. The normalized spacial score (nSPS) is 12.9. The lowest BCUT2D eigenvalue weighted by Gasteiger charge is -2.32. The van der Waals surface area contributed by atoms with Crippen LogP contribution in [0.1, 0.15) is 6.42 Å². The maximum absolute atomic E-state index is 12.1. The second kappa shape index (κ2) is 9.22. The highest BCUT2D eigenvalue weighted by atomic mass is 32.2. The molecule has 0 saturated heterocycles. The Balaban J connectivity index is 1.30. The van der Waals surface area contributed by atoms with Crippen LogP contribution in [0.4, 0.5) is 11.4 Å². The van der Waals surface area contributed by atoms with Crippen LogP contribution in [-0.4, -0.2) is 34.0 Å². The summed E-state index contributed by atoms with van der Waals surface area (Å²) in [5.41, 5.74) is 2.33. The molecule has 2 heterocycles. The van der Waals surface area contributed by atoms with Crippen molar-refractivity contribution in [2.45, 2.75) is 20.4 Å². The van der Waals surface area contributed by atoms with E-state index in [-0.39, 0.29) is 16.7 Å². The fourth-order valence-electron chi connectivity index (χ4n) is 3.20. The van der Waals surface area contributed by atoms with Crippen molar-refractivity contribution in [3.05, 3.63) is 66.0 Å². The summed E-state index contributed by atoms with van der Waals surface area (Å²) in [6.45, 7) is 0.940. The zero-order valence-corrected chi connectivity index (χ0v) is 18.5. The largest absolute Gasteiger partial charge is 0.355 e. The van der Waals surface area contributed by atoms with E-state index in [9.17, 15) is 13.2 Å². The van der Waals surface area contributed by atoms with Crippen LogP contribution in [0.25, 0.3) is 0 Å². The van der Waals surface area contributed by atoms with E-state index in [2.05, 4.69) is 39.2 Å². The number of para-hydroxylation sites is 2. The van der Waals surface area contributed by atoms with E-state index >= 15 is 0 Å². The van der Waals surface area contributed by atoms with Crippen molar-refractivity contribution in [2.24, 2.45) is 0 Å². The average molecular weight is 460 g/mol. The standard InChI is InChI=1S/C21H21N3O3S3/c25-20(15-23-30(26,27)21-11-5-14-28-21)22-12-6-13-24-16-7-1-3-9-18(16)29-19-10-4-2-8-17(19)24/h1-5,7-11,14,23H,6,12-13,15H2,(H,22,25). The molecule has 156 valence electrons. The van der Waals surface area contributed by atoms with E-state index in [1.54, 1.807) is 23.2 Å². The molecule has 30 heavy (non-hydrogen) atoms. The molecule has 9 heteroatoms. The van der Waals surface area contributed by atoms with Crippen molar-refractivity contribution in [3.63, 3.8) is 0 Å². The van der Waals surface area contributed by atoms with Gasteiger partial charge in [0.25, 0.3) is 10.0 Å². The first-order valence-corrected chi connectivity index (χ1v) is 12.7. The van der Waals surface area contributed by atoms with Crippen LogP contribution >= 0.6 is 23.1 Å². The Kier molecular flexibility index (Phi) is 6.43. The van der Waals surface area contributed by atoms with E-state index in [1.807, 2.05) is 24.3 Å². The summed E-state index contributed by atoms with van der Waals surface area (Å²) >= 11 is 2.88. The zero-order valence-electron chi connectivity index (χ0n) is 16.1. The third-order valence-electron chi connectivity index (χ3n) is 4.60. The quantitative estimate of drug-likeness (QED) is 0.501. The fourth-order valence-corrected chi connectivity index (χ4v) is 6.31. The smallest absolute Gasteiger partial charge is 0.250 e. The molecule has 2 N–H and O–H groups in total. The molecular weight excluding hydrogens is 438 g/mol. The van der Waals surface area contributed by atoms with Gasteiger partial charge in [-0.1, -0.05) is 42.1 Å². The minimum atomic E-state index is -3.63. The Hall–Kier alpha value is -2.33. The Morgan fingerprint density at radius 1 is 0.933 bits per heavy atom. The van der Waals surface area contributed by atoms with Gasteiger partial charge in [-0.25, -0.2) is 13.1 Å². The van der Waals surface area contributed by atoms with Gasteiger partial charge in [0.2, 0.25) is 5.91 Å². The first-order chi connectivity index (χ1) is 14.5. The van der Waals surface area contributed by atoms with Crippen molar-refractivity contribution in [1.29, 1.82) is 0 Å². The minimum Gasteiger partial charge on any atom is -0.355 e. The Labute approximate surface area is 184 Å². The van der Waals surface area contributed by atoms with Crippen LogP contribution in [0.2, 0.25) is 0 Å². The van der Waals surface area contributed by atoms with Crippen LogP contribution in [-0.2, 0) is 14.8 Å². The number of fused-ring (bicyclic) bond motifs is 2. The number of benzene rings is 2. The molecule has 0 atom stereocenters. The Bertz CT molecular complexity index is 1090. The van der Waals surface area contributed by atoms with Gasteiger partial charge in [-0.2, -0.15) is 0 Å². The third kappa shape index (κ3) is 4.70. The number of nitrogens with zero attached hydrogens (tertiary/aromatic N) is 1. The van der Waals surface area contributed by atoms with E-state index in [0.29, 0.717) is 6.54 Å². The molecule has 0 bridgehead atoms. The topological polar surface area (TPSA) is 78.5 Å². The van der Waals surface area contributed by atoms with Gasteiger partial charge in [0.1, 0.15) is 4.21 Å². The van der Waals surface area contributed by atoms with Gasteiger partial charge in [-0.15, -0.1) is 11.3 Å². The molecule has 1 aliphatic heterocycles. The van der Waals surface area contributed by atoms with Crippen molar-refractivity contribution < 1.29 is 13.2 Å². The lowest BCUT2D eigenvalue weighted by Crippen LogP contribution is -2.37. The van der Waals surface area contributed by atoms with Crippen molar-refractivity contribution in [3.8, 4) is 0 Å². The number of thiophene rings is 1. The molecule has 1 amide bonds. The highest BCUT2D eigenvalue weighted by Crippen LogP contribution is 2.47. The maximum Gasteiger partial charge on any atom is 0.250 e. The molecule has 3 aromatic rings. The first kappa shape index (κ1) is 20.9. The van der Waals surface area contributed by atoms with E-state index in [4.69, 9.17) is 0 Å². The Morgan fingerprint density at radius 2 is 1.60 bits per heavy atom. The maximum atomic E-state index is 12.1. The lowest BCUT2D eigenvalue weighted by atomic mass is 10.2. The van der Waals surface area contributed by atoms with Crippen LogP contribution in [0.3, 0.4) is 0 Å². The number of hydrogen-bond acceptors (Lipinski definition) is 6. The number of sulfonamides is 1. The average Bonchev–Trinajstić information content (AvgIpc) is 3.30. The molecule has 1 aliphatic rings. The molecule has 4 rings (SSSR count). The number of carbonyl (C=O) groups is 1. The number of carbonyl (C=O) groups excluding carboxylic acids is 1. The molecule has 0 saturated carbocycles. The summed E-state index contributed by atoms with van der Waals surface area (Å²) < 4.78 is 26.7. The fraction of sp³-hybridized carbons (Fsp3) is 0.190. The molecule has 0 spiro atoms. The highest BCUT2D eigenvalue weighted by Gasteiger charge is 2.22. The van der Waals surface area contributed by atoms with E-state index in [1.165, 1.54) is 15.9 Å². The van der Waals surface area contributed by atoms with E-state index in [0.717, 1.165) is 35.7 Å². The number of anilines is 2. The molecule has 6 nitrogen and oxygen atoms in total. The third-order valence-corrected chi connectivity index (χ3v) is 8.52. The number of hydrogen-bond donors (Lipinski definition) is 2. The second-order valence-electron chi connectivity index (χ2n) is 6.65. The molecular formula is C21H21N3O3S3. The van der Waals surface area contributed by atoms with Gasteiger partial charge < -0.3 is 10.2 Å². The van der Waals surface area contributed by atoms with Gasteiger partial charge in [-0.3, -0.25) is 4.79 Å². The van der Waals surface area contributed by atoms with Crippen molar-refractivity contribution >= 4 is 50.4 Å². The monoisotopic (exact) mass is 459 g/mol. The summed E-state index contributed by atoms with van der Waals surface area (Å²) in [4.78, 5) is 16.7. The number of amides is 1. The minimum absolute atomic E-state index is 0.204. The lowest BCUT2D eigenvalue weighted by molar-refractivity contribution is -0.119. The summed E-state index contributed by atoms with van der Waals surface area (Å²) in [7, 11) is -3.63. The van der Waals surface area contributed by atoms with Gasteiger partial charge in [0.05, 0.1) is 17.9 Å². The Morgan fingerprint density at radius 3 is 2.23 bits per heavy atom. The second-order valence-corrected chi connectivity index (χ2v) is 10.7. The zero-order chi connectivity index (χ0) is 21.0. The van der Waals surface area contributed by atoms with E-state index < -0.39 is 10.0 Å². The molecule has 1 aromatic heterocycles. The van der Waals surface area contributed by atoms with Gasteiger partial charge in [0.15, 0.2) is 0 Å². The van der Waals surface area contributed by atoms with Crippen LogP contribution in [0, 0.1) is 0 Å². The van der Waals surface area contributed by atoms with Crippen LogP contribution in [0.15, 0.2) is 80.0 Å². The van der Waals surface area contributed by atoms with Gasteiger partial charge in [0, 0.05) is 22.9 Å². The predicted molar refractivity (Wildman–Crippen MR) is 121 cm³/mol. The van der Waals surface area contributed by atoms with Crippen molar-refractivity contribution in [2.75, 3.05) is 24.5 Å². The molecule has 0 fully saturated rings. The summed E-state index contributed by atoms with van der Waals surface area (Å²) in [6, 6.07) is 19.8. The first-order valence-electron chi connectivity index (χ1n) is 9.48. The summed E-state index contributed by atoms with van der Waals surface area (Å²) in [6.07, 6.45) is 0.733. The summed E-state index contributed by atoms with van der Waals surface area (Å²) in [5, 5.41) is 4.48. The predicted octanol–water partition coefficient (Wildman–Crippen LogP) is 3.84. The van der Waals surface area contributed by atoms with Gasteiger partial charge in [-0.05, 0) is 42.1 Å². The highest BCUT2D eigenvalue weighted by molar-refractivity contribution is 7.99. The molecule has 2 aromatic carbocycles. The number of rotatable bonds is 8. The van der Waals surface area contributed by atoms with Crippen LogP contribution in [0.5, 0.6) is 0 Å². The SMILES string of the molecule is O=C(CNS(=O)(=O)c1cccs1)NCCCN1c2ccccc2Sc2ccccc21. The van der Waals surface area contributed by atoms with Crippen molar-refractivity contribution in [1.82, 2.24) is 10.0 Å².